The number of aliphatic hydroxyl groups is 1. The van der Waals surface area contributed by atoms with Crippen molar-refractivity contribution in [1.82, 2.24) is 4.90 Å². The van der Waals surface area contributed by atoms with Crippen molar-refractivity contribution < 1.29 is 9.84 Å². The van der Waals surface area contributed by atoms with Gasteiger partial charge >= 0.3 is 0 Å². The molecule has 1 aromatic rings. The third kappa shape index (κ3) is 3.33. The van der Waals surface area contributed by atoms with Crippen LogP contribution in [0.3, 0.4) is 0 Å². The van der Waals surface area contributed by atoms with Crippen molar-refractivity contribution in [2.75, 3.05) is 26.2 Å². The molecule has 110 valence electrons. The summed E-state index contributed by atoms with van der Waals surface area (Å²) in [4.78, 5) is 2.49. The molecule has 1 aromatic carbocycles. The molecule has 3 nitrogen and oxygen atoms in total. The first-order chi connectivity index (χ1) is 9.62. The van der Waals surface area contributed by atoms with Crippen molar-refractivity contribution in [3.05, 3.63) is 29.3 Å². The van der Waals surface area contributed by atoms with Gasteiger partial charge < -0.3 is 14.7 Å². The van der Waals surface area contributed by atoms with E-state index in [2.05, 4.69) is 23.1 Å². The zero-order valence-electron chi connectivity index (χ0n) is 12.4. The van der Waals surface area contributed by atoms with Crippen LogP contribution in [0, 0.1) is 0 Å². The SMILES string of the molecule is CC1(O)CCCN(CCc2ccc3c(c2)CCO3)CC1. The highest BCUT2D eigenvalue weighted by Gasteiger charge is 2.24. The monoisotopic (exact) mass is 275 g/mol. The van der Waals surface area contributed by atoms with Gasteiger partial charge in [0.2, 0.25) is 0 Å². The summed E-state index contributed by atoms with van der Waals surface area (Å²) in [7, 11) is 0. The van der Waals surface area contributed by atoms with Crippen molar-refractivity contribution in [1.29, 1.82) is 0 Å². The summed E-state index contributed by atoms with van der Waals surface area (Å²) in [6.07, 6.45) is 5.07. The lowest BCUT2D eigenvalue weighted by molar-refractivity contribution is 0.0447. The van der Waals surface area contributed by atoms with Crippen LogP contribution < -0.4 is 4.74 Å². The molecule has 3 heteroatoms. The van der Waals surface area contributed by atoms with E-state index in [0.717, 1.165) is 64.1 Å². The summed E-state index contributed by atoms with van der Waals surface area (Å²) in [5.41, 5.74) is 2.31. The smallest absolute Gasteiger partial charge is 0.122 e. The Kier molecular flexibility index (Phi) is 3.99. The zero-order chi connectivity index (χ0) is 14.0. The van der Waals surface area contributed by atoms with Crippen molar-refractivity contribution in [3.63, 3.8) is 0 Å². The molecule has 0 radical (unpaired) electrons. The van der Waals surface area contributed by atoms with Gasteiger partial charge in [0.05, 0.1) is 12.2 Å². The predicted molar refractivity (Wildman–Crippen MR) is 80.3 cm³/mol. The molecule has 3 rings (SSSR count). The van der Waals surface area contributed by atoms with Crippen molar-refractivity contribution >= 4 is 0 Å². The molecule has 1 unspecified atom stereocenters. The lowest BCUT2D eigenvalue weighted by atomic mass is 9.98. The second kappa shape index (κ2) is 5.74. The number of nitrogens with zero attached hydrogens (tertiary/aromatic N) is 1. The summed E-state index contributed by atoms with van der Waals surface area (Å²) >= 11 is 0. The second-order valence-electron chi connectivity index (χ2n) is 6.48. The molecular weight excluding hydrogens is 250 g/mol. The zero-order valence-corrected chi connectivity index (χ0v) is 12.4. The van der Waals surface area contributed by atoms with E-state index in [-0.39, 0.29) is 0 Å². The average Bonchev–Trinajstić information content (AvgIpc) is 2.81. The largest absolute Gasteiger partial charge is 0.493 e. The molecule has 2 aliphatic heterocycles. The maximum Gasteiger partial charge on any atom is 0.122 e. The predicted octanol–water partition coefficient (Wildman–Crippen LogP) is 2.40. The van der Waals surface area contributed by atoms with Crippen LogP contribution in [0.5, 0.6) is 5.75 Å². The van der Waals surface area contributed by atoms with Crippen molar-refractivity contribution in [2.24, 2.45) is 0 Å². The number of hydrogen-bond donors (Lipinski definition) is 1. The molecule has 1 N–H and O–H groups in total. The first-order valence-corrected chi connectivity index (χ1v) is 7.82. The van der Waals surface area contributed by atoms with Crippen molar-refractivity contribution in [2.45, 2.75) is 44.6 Å². The molecule has 1 atom stereocenters. The van der Waals surface area contributed by atoms with E-state index in [9.17, 15) is 5.11 Å². The standard InChI is InChI=1S/C17H25NO2/c1-17(19)7-2-9-18(11-8-17)10-5-14-3-4-16-15(13-14)6-12-20-16/h3-4,13,19H,2,5-12H2,1H3. The minimum absolute atomic E-state index is 0.459. The third-order valence-electron chi connectivity index (χ3n) is 4.63. The number of hydrogen-bond acceptors (Lipinski definition) is 3. The van der Waals surface area contributed by atoms with Crippen LogP contribution in [-0.4, -0.2) is 41.8 Å². The molecule has 0 amide bonds. The van der Waals surface area contributed by atoms with E-state index < -0.39 is 5.60 Å². The Morgan fingerprint density at radius 3 is 3.10 bits per heavy atom. The minimum atomic E-state index is -0.459. The first-order valence-electron chi connectivity index (χ1n) is 7.82. The Labute approximate surface area is 121 Å². The third-order valence-corrected chi connectivity index (χ3v) is 4.63. The number of rotatable bonds is 3. The molecule has 0 spiro atoms. The van der Waals surface area contributed by atoms with E-state index in [1.54, 1.807) is 0 Å². The highest BCUT2D eigenvalue weighted by atomic mass is 16.5. The van der Waals surface area contributed by atoms with Gasteiger partial charge in [-0.15, -0.1) is 0 Å². The Bertz CT molecular complexity index is 470. The topological polar surface area (TPSA) is 32.7 Å². The van der Waals surface area contributed by atoms with E-state index in [1.165, 1.54) is 11.1 Å². The van der Waals surface area contributed by atoms with Crippen LogP contribution in [0.1, 0.15) is 37.3 Å². The molecular formula is C17H25NO2. The fraction of sp³-hybridized carbons (Fsp3) is 0.647. The minimum Gasteiger partial charge on any atom is -0.493 e. The van der Waals surface area contributed by atoms with Gasteiger partial charge in [-0.2, -0.15) is 0 Å². The Morgan fingerprint density at radius 1 is 1.30 bits per heavy atom. The fourth-order valence-electron chi connectivity index (χ4n) is 3.23. The Hall–Kier alpha value is -1.06. The molecule has 0 saturated carbocycles. The molecule has 1 fully saturated rings. The summed E-state index contributed by atoms with van der Waals surface area (Å²) in [6, 6.07) is 6.61. The van der Waals surface area contributed by atoms with Crippen LogP contribution in [-0.2, 0) is 12.8 Å². The Morgan fingerprint density at radius 2 is 2.20 bits per heavy atom. The van der Waals surface area contributed by atoms with Crippen LogP contribution in [0.2, 0.25) is 0 Å². The molecule has 1 saturated heterocycles. The van der Waals surface area contributed by atoms with E-state index >= 15 is 0 Å². The highest BCUT2D eigenvalue weighted by molar-refractivity contribution is 5.39. The summed E-state index contributed by atoms with van der Waals surface area (Å²) in [6.45, 7) is 6.03. The summed E-state index contributed by atoms with van der Waals surface area (Å²) < 4.78 is 5.55. The first kappa shape index (κ1) is 13.9. The van der Waals surface area contributed by atoms with Gasteiger partial charge in [-0.1, -0.05) is 12.1 Å². The van der Waals surface area contributed by atoms with E-state index in [4.69, 9.17) is 4.74 Å². The number of benzene rings is 1. The van der Waals surface area contributed by atoms with Gasteiger partial charge in [-0.05, 0) is 56.3 Å². The van der Waals surface area contributed by atoms with Gasteiger partial charge in [-0.25, -0.2) is 0 Å². The van der Waals surface area contributed by atoms with Gasteiger partial charge in [0.15, 0.2) is 0 Å². The lowest BCUT2D eigenvalue weighted by Gasteiger charge is -2.22. The van der Waals surface area contributed by atoms with Crippen LogP contribution in [0.15, 0.2) is 18.2 Å². The fourth-order valence-corrected chi connectivity index (χ4v) is 3.23. The molecule has 0 bridgehead atoms. The van der Waals surface area contributed by atoms with Crippen molar-refractivity contribution in [3.8, 4) is 5.75 Å². The summed E-state index contributed by atoms with van der Waals surface area (Å²) in [5, 5.41) is 10.1. The molecule has 2 heterocycles. The van der Waals surface area contributed by atoms with Crippen LogP contribution in [0.25, 0.3) is 0 Å². The van der Waals surface area contributed by atoms with E-state index in [1.807, 2.05) is 6.92 Å². The van der Waals surface area contributed by atoms with Gasteiger partial charge in [-0.3, -0.25) is 0 Å². The van der Waals surface area contributed by atoms with Crippen LogP contribution >= 0.6 is 0 Å². The second-order valence-corrected chi connectivity index (χ2v) is 6.48. The van der Waals surface area contributed by atoms with Gasteiger partial charge in [0, 0.05) is 19.5 Å². The van der Waals surface area contributed by atoms with Gasteiger partial charge in [0.1, 0.15) is 5.75 Å². The Balaban J connectivity index is 1.54. The molecule has 20 heavy (non-hydrogen) atoms. The summed E-state index contributed by atoms with van der Waals surface area (Å²) in [5.74, 6) is 1.07. The highest BCUT2D eigenvalue weighted by Crippen LogP contribution is 2.26. The quantitative estimate of drug-likeness (QED) is 0.919. The average molecular weight is 275 g/mol. The van der Waals surface area contributed by atoms with Crippen LogP contribution in [0.4, 0.5) is 0 Å². The van der Waals surface area contributed by atoms with Gasteiger partial charge in [0.25, 0.3) is 0 Å². The molecule has 0 aromatic heterocycles. The normalized spacial score (nSPS) is 26.9. The maximum absolute atomic E-state index is 10.1. The lowest BCUT2D eigenvalue weighted by Crippen LogP contribution is -2.29. The number of fused-ring (bicyclic) bond motifs is 1. The number of likely N-dealkylation sites (tertiary alicyclic amines) is 1. The maximum atomic E-state index is 10.1. The number of ether oxygens (including phenoxy) is 1. The molecule has 0 aliphatic carbocycles. The van der Waals surface area contributed by atoms with E-state index in [0.29, 0.717) is 0 Å². The molecule has 2 aliphatic rings.